The Kier molecular flexibility index (Phi) is 3.96. The summed E-state index contributed by atoms with van der Waals surface area (Å²) in [5.41, 5.74) is 5.07. The number of nitrogens with zero attached hydrogens (tertiary/aromatic N) is 2. The second kappa shape index (κ2) is 5.37. The Morgan fingerprint density at radius 2 is 2.10 bits per heavy atom. The number of sulfonamides is 1. The summed E-state index contributed by atoms with van der Waals surface area (Å²) < 4.78 is 26.5. The van der Waals surface area contributed by atoms with Crippen LogP contribution in [0.5, 0.6) is 0 Å². The molecule has 2 N–H and O–H groups in total. The first kappa shape index (κ1) is 14.7. The van der Waals surface area contributed by atoms with E-state index in [9.17, 15) is 18.5 Å². The van der Waals surface area contributed by atoms with E-state index in [4.69, 9.17) is 5.73 Å². The maximum Gasteiger partial charge on any atom is 0.293 e. The molecule has 20 heavy (non-hydrogen) atoms. The van der Waals surface area contributed by atoms with Gasteiger partial charge in [-0.05, 0) is 31.9 Å². The average molecular weight is 299 g/mol. The van der Waals surface area contributed by atoms with E-state index in [1.807, 2.05) is 6.92 Å². The van der Waals surface area contributed by atoms with Gasteiger partial charge < -0.3 is 5.73 Å². The molecular weight excluding hydrogens is 282 g/mol. The topological polar surface area (TPSA) is 107 Å². The van der Waals surface area contributed by atoms with Crippen LogP contribution in [0.15, 0.2) is 23.1 Å². The van der Waals surface area contributed by atoms with Gasteiger partial charge in [-0.1, -0.05) is 6.42 Å². The normalized spacial score (nSPS) is 20.8. The zero-order valence-electron chi connectivity index (χ0n) is 11.2. The fraction of sp³-hybridized carbons (Fsp3) is 0.500. The minimum absolute atomic E-state index is 0.0411. The lowest BCUT2D eigenvalue weighted by atomic mass is 10.1. The number of nitro groups is 1. The molecule has 1 atom stereocenters. The van der Waals surface area contributed by atoms with E-state index in [1.54, 1.807) is 0 Å². The lowest BCUT2D eigenvalue weighted by Gasteiger charge is -2.32. The fourth-order valence-corrected chi connectivity index (χ4v) is 4.13. The number of nitrogens with two attached hydrogens (primary N) is 1. The standard InChI is InChI=1S/C12H17N3O4S/c1-9-4-2-3-7-14(9)20(18,19)10-5-6-11(13)12(8-10)15(16)17/h5-6,8-9H,2-4,7,13H2,1H3/t9-/m0/s1. The number of piperidine rings is 1. The first-order chi connectivity index (χ1) is 9.34. The van der Waals surface area contributed by atoms with Gasteiger partial charge in [0.05, 0.1) is 9.82 Å². The van der Waals surface area contributed by atoms with Gasteiger partial charge in [-0.25, -0.2) is 8.42 Å². The lowest BCUT2D eigenvalue weighted by molar-refractivity contribution is -0.384. The maximum atomic E-state index is 12.5. The monoisotopic (exact) mass is 299 g/mol. The van der Waals surface area contributed by atoms with Crippen molar-refractivity contribution >= 4 is 21.4 Å². The average Bonchev–Trinajstić information content (AvgIpc) is 2.38. The van der Waals surface area contributed by atoms with Crippen LogP contribution in [0.1, 0.15) is 26.2 Å². The lowest BCUT2D eigenvalue weighted by Crippen LogP contribution is -2.41. The van der Waals surface area contributed by atoms with E-state index in [2.05, 4.69) is 0 Å². The summed E-state index contributed by atoms with van der Waals surface area (Å²) in [6.45, 7) is 2.30. The van der Waals surface area contributed by atoms with Crippen molar-refractivity contribution in [1.82, 2.24) is 4.31 Å². The van der Waals surface area contributed by atoms with Crippen molar-refractivity contribution in [1.29, 1.82) is 0 Å². The van der Waals surface area contributed by atoms with Crippen molar-refractivity contribution < 1.29 is 13.3 Å². The van der Waals surface area contributed by atoms with Gasteiger partial charge in [0.1, 0.15) is 5.69 Å². The summed E-state index contributed by atoms with van der Waals surface area (Å²) in [5, 5.41) is 10.9. The van der Waals surface area contributed by atoms with Gasteiger partial charge in [0, 0.05) is 18.7 Å². The zero-order chi connectivity index (χ0) is 14.9. The van der Waals surface area contributed by atoms with Gasteiger partial charge in [-0.2, -0.15) is 4.31 Å². The van der Waals surface area contributed by atoms with E-state index in [0.29, 0.717) is 6.54 Å². The first-order valence-corrected chi connectivity index (χ1v) is 7.84. The van der Waals surface area contributed by atoms with Crippen LogP contribution in [0, 0.1) is 10.1 Å². The van der Waals surface area contributed by atoms with Crippen molar-refractivity contribution in [2.75, 3.05) is 12.3 Å². The number of nitrogen functional groups attached to an aromatic ring is 1. The second-order valence-corrected chi connectivity index (χ2v) is 6.83. The highest BCUT2D eigenvalue weighted by Gasteiger charge is 2.32. The predicted octanol–water partition coefficient (Wildman–Crippen LogP) is 1.74. The molecule has 0 spiro atoms. The van der Waals surface area contributed by atoms with Gasteiger partial charge in [-0.15, -0.1) is 0 Å². The Morgan fingerprint density at radius 3 is 2.70 bits per heavy atom. The van der Waals surface area contributed by atoms with Crippen molar-refractivity contribution in [3.05, 3.63) is 28.3 Å². The summed E-state index contributed by atoms with van der Waals surface area (Å²) >= 11 is 0. The van der Waals surface area contributed by atoms with Crippen LogP contribution < -0.4 is 5.73 Å². The highest BCUT2D eigenvalue weighted by atomic mass is 32.2. The van der Waals surface area contributed by atoms with E-state index >= 15 is 0 Å². The Balaban J connectivity index is 2.44. The first-order valence-electron chi connectivity index (χ1n) is 6.40. The van der Waals surface area contributed by atoms with Crippen molar-refractivity contribution in [2.45, 2.75) is 37.1 Å². The zero-order valence-corrected chi connectivity index (χ0v) is 12.0. The predicted molar refractivity (Wildman–Crippen MR) is 74.7 cm³/mol. The third-order valence-electron chi connectivity index (χ3n) is 3.55. The quantitative estimate of drug-likeness (QED) is 0.519. The molecule has 7 nitrogen and oxygen atoms in total. The molecule has 1 saturated heterocycles. The molecule has 0 aromatic heterocycles. The molecule has 8 heteroatoms. The minimum Gasteiger partial charge on any atom is -0.393 e. The maximum absolute atomic E-state index is 12.5. The van der Waals surface area contributed by atoms with E-state index in [0.717, 1.165) is 25.3 Å². The van der Waals surface area contributed by atoms with Crippen LogP contribution in [-0.2, 0) is 10.0 Å². The van der Waals surface area contributed by atoms with Gasteiger partial charge in [0.2, 0.25) is 10.0 Å². The minimum atomic E-state index is -3.71. The third kappa shape index (κ3) is 2.61. The third-order valence-corrected chi connectivity index (χ3v) is 5.56. The number of rotatable bonds is 3. The molecule has 1 aromatic carbocycles. The Bertz CT molecular complexity index is 630. The highest BCUT2D eigenvalue weighted by Crippen LogP contribution is 2.29. The second-order valence-electron chi connectivity index (χ2n) is 4.94. The van der Waals surface area contributed by atoms with Crippen molar-refractivity contribution in [2.24, 2.45) is 0 Å². The molecule has 110 valence electrons. The molecule has 0 unspecified atom stereocenters. The van der Waals surface area contributed by atoms with Crippen LogP contribution in [0.3, 0.4) is 0 Å². The van der Waals surface area contributed by atoms with Crippen LogP contribution in [0.2, 0.25) is 0 Å². The van der Waals surface area contributed by atoms with Gasteiger partial charge in [0.25, 0.3) is 5.69 Å². The molecule has 0 bridgehead atoms. The molecule has 1 aromatic rings. The summed E-state index contributed by atoms with van der Waals surface area (Å²) in [7, 11) is -3.71. The Morgan fingerprint density at radius 1 is 1.40 bits per heavy atom. The summed E-state index contributed by atoms with van der Waals surface area (Å²) in [6.07, 6.45) is 2.60. The molecule has 1 fully saturated rings. The molecule has 2 rings (SSSR count). The Hall–Kier alpha value is -1.67. The SMILES string of the molecule is C[C@H]1CCCCN1S(=O)(=O)c1ccc(N)c([N+](=O)[O-])c1. The molecular formula is C12H17N3O4S. The summed E-state index contributed by atoms with van der Waals surface area (Å²) in [5.74, 6) is 0. The molecule has 0 amide bonds. The van der Waals surface area contributed by atoms with Crippen LogP contribution in [0.25, 0.3) is 0 Å². The number of nitro benzene ring substituents is 1. The summed E-state index contributed by atoms with van der Waals surface area (Å²) in [6, 6.07) is 3.52. The molecule has 0 aliphatic carbocycles. The van der Waals surface area contributed by atoms with Crippen LogP contribution in [0.4, 0.5) is 11.4 Å². The molecule has 0 radical (unpaired) electrons. The van der Waals surface area contributed by atoms with Gasteiger partial charge >= 0.3 is 0 Å². The molecule has 1 aliphatic rings. The number of anilines is 1. The number of hydrogen-bond acceptors (Lipinski definition) is 5. The van der Waals surface area contributed by atoms with E-state index in [-0.39, 0.29) is 22.3 Å². The van der Waals surface area contributed by atoms with Gasteiger partial charge in [0.15, 0.2) is 0 Å². The summed E-state index contributed by atoms with van der Waals surface area (Å²) in [4.78, 5) is 10.1. The molecule has 1 heterocycles. The van der Waals surface area contributed by atoms with Gasteiger partial charge in [-0.3, -0.25) is 10.1 Å². The van der Waals surface area contributed by atoms with Crippen LogP contribution in [-0.4, -0.2) is 30.2 Å². The van der Waals surface area contributed by atoms with E-state index in [1.165, 1.54) is 16.4 Å². The smallest absolute Gasteiger partial charge is 0.293 e. The van der Waals surface area contributed by atoms with E-state index < -0.39 is 14.9 Å². The van der Waals surface area contributed by atoms with Crippen LogP contribution >= 0.6 is 0 Å². The highest BCUT2D eigenvalue weighted by molar-refractivity contribution is 7.89. The molecule has 0 saturated carbocycles. The number of hydrogen-bond donors (Lipinski definition) is 1. The fourth-order valence-electron chi connectivity index (χ4n) is 2.41. The molecule has 1 aliphatic heterocycles. The van der Waals surface area contributed by atoms with Crippen molar-refractivity contribution in [3.8, 4) is 0 Å². The number of benzene rings is 1. The largest absolute Gasteiger partial charge is 0.393 e. The Labute approximate surface area is 117 Å². The van der Waals surface area contributed by atoms with Crippen molar-refractivity contribution in [3.63, 3.8) is 0 Å².